The summed E-state index contributed by atoms with van der Waals surface area (Å²) in [4.78, 5) is 0. The molecule has 0 aromatic heterocycles. The highest BCUT2D eigenvalue weighted by Crippen LogP contribution is 2.46. The van der Waals surface area contributed by atoms with Gasteiger partial charge in [0.2, 0.25) is 0 Å². The first-order chi connectivity index (χ1) is 9.76. The Morgan fingerprint density at radius 3 is 1.38 bits per heavy atom. The van der Waals surface area contributed by atoms with E-state index in [4.69, 9.17) is 0 Å². The van der Waals surface area contributed by atoms with Crippen LogP contribution in [0.5, 0.6) is 0 Å². The fourth-order valence-electron chi connectivity index (χ4n) is 2.42. The molecule has 118 valence electrons. The summed E-state index contributed by atoms with van der Waals surface area (Å²) in [5.41, 5.74) is 0.270. The van der Waals surface area contributed by atoms with E-state index in [9.17, 15) is 19.2 Å². The number of benzene rings is 1. The van der Waals surface area contributed by atoms with Crippen LogP contribution in [-0.4, -0.2) is 41.8 Å². The lowest BCUT2D eigenvalue weighted by Crippen LogP contribution is -2.36. The smallest absolute Gasteiger partial charge is 0.423 e. The normalized spacial score (nSPS) is 12.5. The van der Waals surface area contributed by atoms with Gasteiger partial charge in [-0.2, -0.15) is 0 Å². The van der Waals surface area contributed by atoms with Crippen LogP contribution in [0.3, 0.4) is 0 Å². The van der Waals surface area contributed by atoms with E-state index in [-0.39, 0.29) is 5.46 Å². The largest absolute Gasteiger partial charge is 0.488 e. The Balaban J connectivity index is 3.59. The molecule has 0 atom stereocenters. The third kappa shape index (κ3) is 3.90. The van der Waals surface area contributed by atoms with Gasteiger partial charge in [0, 0.05) is 35.3 Å². The zero-order valence-corrected chi connectivity index (χ0v) is 15.0. The second-order valence-corrected chi connectivity index (χ2v) is 12.3. The van der Waals surface area contributed by atoms with Gasteiger partial charge in [0.1, 0.15) is 14.3 Å². The quantitative estimate of drug-likeness (QED) is 0.586. The molecule has 0 bridgehead atoms. The number of hydrogen-bond acceptors (Lipinski definition) is 4. The highest BCUT2D eigenvalue weighted by Gasteiger charge is 2.28. The molecule has 0 aliphatic rings. The van der Waals surface area contributed by atoms with Crippen molar-refractivity contribution in [2.24, 2.45) is 0 Å². The van der Waals surface area contributed by atoms with Gasteiger partial charge >= 0.3 is 7.12 Å². The molecule has 0 saturated carbocycles. The van der Waals surface area contributed by atoms with Crippen LogP contribution >= 0.6 is 14.3 Å². The molecule has 4 nitrogen and oxygen atoms in total. The van der Waals surface area contributed by atoms with Crippen LogP contribution in [0.2, 0.25) is 0 Å². The molecular weight excluding hydrogens is 305 g/mol. The lowest BCUT2D eigenvalue weighted by molar-refractivity contribution is 0.426. The Bertz CT molecular complexity index is 526. The molecule has 0 fully saturated rings. The molecule has 7 heteroatoms. The summed E-state index contributed by atoms with van der Waals surface area (Å²) in [7, 11) is -6.77. The van der Waals surface area contributed by atoms with E-state index in [1.807, 2.05) is 27.7 Å². The van der Waals surface area contributed by atoms with Crippen LogP contribution in [0.4, 0.5) is 0 Å². The fraction of sp³-hybridized carbons (Fsp3) is 0.571. The van der Waals surface area contributed by atoms with Crippen molar-refractivity contribution in [2.75, 3.05) is 24.6 Å². The maximum absolute atomic E-state index is 12.9. The third-order valence-electron chi connectivity index (χ3n) is 4.21. The van der Waals surface area contributed by atoms with Crippen molar-refractivity contribution in [3.63, 3.8) is 0 Å². The lowest BCUT2D eigenvalue weighted by Gasteiger charge is -2.21. The minimum absolute atomic E-state index is 0.270. The van der Waals surface area contributed by atoms with Gasteiger partial charge in [-0.1, -0.05) is 39.8 Å². The predicted octanol–water partition coefficient (Wildman–Crippen LogP) is 1.42. The van der Waals surface area contributed by atoms with Crippen molar-refractivity contribution in [1.82, 2.24) is 0 Å². The van der Waals surface area contributed by atoms with Gasteiger partial charge in [-0.15, -0.1) is 0 Å². The molecule has 0 radical (unpaired) electrons. The van der Waals surface area contributed by atoms with Crippen molar-refractivity contribution in [2.45, 2.75) is 27.7 Å². The molecule has 1 aromatic rings. The summed E-state index contributed by atoms with van der Waals surface area (Å²) in [5, 5.41) is 20.2. The summed E-state index contributed by atoms with van der Waals surface area (Å²) >= 11 is 0. The van der Waals surface area contributed by atoms with Crippen LogP contribution in [0.15, 0.2) is 18.2 Å². The van der Waals surface area contributed by atoms with Gasteiger partial charge in [0.25, 0.3) is 0 Å². The van der Waals surface area contributed by atoms with Crippen LogP contribution in [0.25, 0.3) is 0 Å². The zero-order chi connectivity index (χ0) is 16.3. The first-order valence-corrected chi connectivity index (χ1v) is 11.6. The Hall–Kier alpha value is -0.335. The Morgan fingerprint density at radius 1 is 0.810 bits per heavy atom. The van der Waals surface area contributed by atoms with Crippen LogP contribution < -0.4 is 16.1 Å². The van der Waals surface area contributed by atoms with Gasteiger partial charge in [-0.25, -0.2) is 0 Å². The second kappa shape index (κ2) is 7.29. The Kier molecular flexibility index (Phi) is 6.49. The van der Waals surface area contributed by atoms with E-state index in [1.54, 1.807) is 18.2 Å². The molecule has 0 saturated heterocycles. The summed E-state index contributed by atoms with van der Waals surface area (Å²) in [6.07, 6.45) is 2.04. The molecule has 0 heterocycles. The van der Waals surface area contributed by atoms with Crippen LogP contribution in [0.1, 0.15) is 27.7 Å². The summed E-state index contributed by atoms with van der Waals surface area (Å²) in [6, 6.07) is 4.92. The maximum Gasteiger partial charge on any atom is 0.488 e. The minimum Gasteiger partial charge on any atom is -0.423 e. The average molecular weight is 330 g/mol. The molecule has 0 aliphatic heterocycles. The molecule has 0 amide bonds. The van der Waals surface area contributed by atoms with E-state index >= 15 is 0 Å². The summed E-state index contributed by atoms with van der Waals surface area (Å²) in [5.74, 6) is 0. The van der Waals surface area contributed by atoms with Gasteiger partial charge in [-0.05, 0) is 11.5 Å². The molecule has 1 aromatic carbocycles. The van der Waals surface area contributed by atoms with Crippen LogP contribution in [-0.2, 0) is 9.13 Å². The fourth-order valence-corrected chi connectivity index (χ4v) is 6.39. The van der Waals surface area contributed by atoms with Crippen LogP contribution in [0, 0.1) is 0 Å². The first kappa shape index (κ1) is 18.7. The van der Waals surface area contributed by atoms with Crippen molar-refractivity contribution in [3.05, 3.63) is 18.2 Å². The SMILES string of the molecule is CCP(=O)(CC)c1cc(B(O)O)cc(P(=O)(CC)CC)c1. The molecule has 0 unspecified atom stereocenters. The lowest BCUT2D eigenvalue weighted by atomic mass is 9.80. The number of rotatable bonds is 7. The van der Waals surface area contributed by atoms with Gasteiger partial charge in [-0.3, -0.25) is 0 Å². The first-order valence-electron chi connectivity index (χ1n) is 7.44. The molecule has 0 spiro atoms. The van der Waals surface area contributed by atoms with E-state index < -0.39 is 21.4 Å². The Labute approximate surface area is 127 Å². The van der Waals surface area contributed by atoms with E-state index in [0.29, 0.717) is 35.3 Å². The highest BCUT2D eigenvalue weighted by atomic mass is 31.2. The highest BCUT2D eigenvalue weighted by molar-refractivity contribution is 7.73. The monoisotopic (exact) mass is 330 g/mol. The number of hydrogen-bond donors (Lipinski definition) is 2. The second-order valence-electron chi connectivity index (χ2n) is 5.20. The Morgan fingerprint density at radius 2 is 1.14 bits per heavy atom. The molecule has 21 heavy (non-hydrogen) atoms. The van der Waals surface area contributed by atoms with Crippen molar-refractivity contribution >= 4 is 37.5 Å². The van der Waals surface area contributed by atoms with E-state index in [2.05, 4.69) is 0 Å². The van der Waals surface area contributed by atoms with E-state index in [0.717, 1.165) is 0 Å². The molecule has 2 N–H and O–H groups in total. The average Bonchev–Trinajstić information content (AvgIpc) is 2.52. The maximum atomic E-state index is 12.9. The molecule has 0 aliphatic carbocycles. The zero-order valence-electron chi connectivity index (χ0n) is 13.2. The predicted molar refractivity (Wildman–Crippen MR) is 92.9 cm³/mol. The van der Waals surface area contributed by atoms with Crippen molar-refractivity contribution in [1.29, 1.82) is 0 Å². The van der Waals surface area contributed by atoms with Gasteiger partial charge in [0.05, 0.1) is 0 Å². The standard InChI is InChI=1S/C14H25BO4P2/c1-5-20(18,6-2)13-9-12(15(16)17)10-14(11-13)21(19,7-3)8-4/h9-11,16-17H,5-8H2,1-4H3. The minimum atomic E-state index is -2.56. The van der Waals surface area contributed by atoms with E-state index in [1.165, 1.54) is 0 Å². The summed E-state index contributed by atoms with van der Waals surface area (Å²) < 4.78 is 25.9. The topological polar surface area (TPSA) is 74.6 Å². The van der Waals surface area contributed by atoms with Crippen molar-refractivity contribution < 1.29 is 19.2 Å². The molecular formula is C14H25BO4P2. The summed E-state index contributed by atoms with van der Waals surface area (Å²) in [6.45, 7) is 7.47. The van der Waals surface area contributed by atoms with Gasteiger partial charge < -0.3 is 19.2 Å². The van der Waals surface area contributed by atoms with Gasteiger partial charge in [0.15, 0.2) is 0 Å². The van der Waals surface area contributed by atoms with Crippen molar-refractivity contribution in [3.8, 4) is 0 Å². The third-order valence-corrected chi connectivity index (χ3v) is 10.7. The molecule has 1 rings (SSSR count).